The van der Waals surface area contributed by atoms with Crippen LogP contribution in [0.15, 0.2) is 48.8 Å². The van der Waals surface area contributed by atoms with Crippen molar-refractivity contribution < 1.29 is 14.3 Å². The molecule has 1 aromatic heterocycles. The Balaban J connectivity index is 1.75. The molecule has 2 N–H and O–H groups in total. The predicted octanol–water partition coefficient (Wildman–Crippen LogP) is 1.92. The van der Waals surface area contributed by atoms with Crippen LogP contribution in [-0.2, 0) is 4.79 Å². The lowest BCUT2D eigenvalue weighted by Gasteiger charge is -2.41. The van der Waals surface area contributed by atoms with Gasteiger partial charge in [-0.25, -0.2) is 0 Å². The van der Waals surface area contributed by atoms with Gasteiger partial charge in [0.1, 0.15) is 11.3 Å². The number of carbonyl (C=O) groups excluding carboxylic acids is 2. The number of nitrogens with zero attached hydrogens (tertiary/aromatic N) is 2. The highest BCUT2D eigenvalue weighted by Crippen LogP contribution is 2.29. The van der Waals surface area contributed by atoms with Gasteiger partial charge in [0.2, 0.25) is 5.91 Å². The molecule has 0 saturated carbocycles. The van der Waals surface area contributed by atoms with E-state index in [4.69, 9.17) is 4.74 Å². The molecule has 0 radical (unpaired) electrons. The van der Waals surface area contributed by atoms with E-state index in [0.717, 1.165) is 11.4 Å². The summed E-state index contributed by atoms with van der Waals surface area (Å²) in [4.78, 5) is 31.1. The maximum absolute atomic E-state index is 12.7. The van der Waals surface area contributed by atoms with Gasteiger partial charge in [-0.05, 0) is 37.1 Å². The van der Waals surface area contributed by atoms with Crippen LogP contribution in [0, 0.1) is 0 Å². The highest BCUT2D eigenvalue weighted by atomic mass is 16.5. The van der Waals surface area contributed by atoms with Crippen LogP contribution in [0.4, 0.5) is 5.69 Å². The standard InChI is InChI=1S/C20H24N4O3/c1-21-19(26)20(23-16-4-3-5-17(14-16)27-2)8-12-24(13-9-20)18(25)15-6-10-22-11-7-15/h3-7,10-11,14,23H,8-9,12-13H2,1-2H3,(H,21,26). The van der Waals surface area contributed by atoms with Crippen molar-refractivity contribution in [2.45, 2.75) is 18.4 Å². The molecule has 1 aliphatic rings. The Morgan fingerprint density at radius 3 is 2.48 bits per heavy atom. The van der Waals surface area contributed by atoms with Gasteiger partial charge < -0.3 is 20.3 Å². The van der Waals surface area contributed by atoms with E-state index < -0.39 is 5.54 Å². The van der Waals surface area contributed by atoms with Crippen molar-refractivity contribution in [3.05, 3.63) is 54.4 Å². The summed E-state index contributed by atoms with van der Waals surface area (Å²) in [6.07, 6.45) is 4.24. The number of amides is 2. The molecule has 0 unspecified atom stereocenters. The summed E-state index contributed by atoms with van der Waals surface area (Å²) in [7, 11) is 3.24. The smallest absolute Gasteiger partial charge is 0.253 e. The quantitative estimate of drug-likeness (QED) is 0.842. The van der Waals surface area contributed by atoms with Crippen molar-refractivity contribution in [3.63, 3.8) is 0 Å². The zero-order chi connectivity index (χ0) is 19.3. The third-order valence-corrected chi connectivity index (χ3v) is 4.95. The molecule has 7 heteroatoms. The summed E-state index contributed by atoms with van der Waals surface area (Å²) in [6, 6.07) is 10.9. The van der Waals surface area contributed by atoms with E-state index in [-0.39, 0.29) is 11.8 Å². The number of ether oxygens (including phenoxy) is 1. The number of anilines is 1. The van der Waals surface area contributed by atoms with Crippen LogP contribution in [-0.4, -0.2) is 54.5 Å². The van der Waals surface area contributed by atoms with Crippen molar-refractivity contribution in [3.8, 4) is 5.75 Å². The minimum atomic E-state index is -0.768. The summed E-state index contributed by atoms with van der Waals surface area (Å²) in [5, 5.41) is 6.13. The SMILES string of the molecule is CNC(=O)C1(Nc2cccc(OC)c2)CCN(C(=O)c2ccncc2)CC1. The van der Waals surface area contributed by atoms with Gasteiger partial charge in [0, 0.05) is 49.8 Å². The molecule has 1 aromatic carbocycles. The Morgan fingerprint density at radius 2 is 1.85 bits per heavy atom. The van der Waals surface area contributed by atoms with E-state index in [0.29, 0.717) is 31.5 Å². The first kappa shape index (κ1) is 18.7. The lowest BCUT2D eigenvalue weighted by Crippen LogP contribution is -2.58. The number of hydrogen-bond acceptors (Lipinski definition) is 5. The van der Waals surface area contributed by atoms with E-state index >= 15 is 0 Å². The largest absolute Gasteiger partial charge is 0.497 e. The molecule has 0 atom stereocenters. The van der Waals surface area contributed by atoms with Crippen LogP contribution in [0.25, 0.3) is 0 Å². The van der Waals surface area contributed by atoms with E-state index in [1.165, 1.54) is 0 Å². The molecule has 1 aliphatic heterocycles. The minimum Gasteiger partial charge on any atom is -0.497 e. The maximum Gasteiger partial charge on any atom is 0.253 e. The third kappa shape index (κ3) is 4.02. The first-order valence-electron chi connectivity index (χ1n) is 8.92. The van der Waals surface area contributed by atoms with Gasteiger partial charge in [0.15, 0.2) is 0 Å². The average Bonchev–Trinajstić information content (AvgIpc) is 2.74. The maximum atomic E-state index is 12.7. The molecule has 142 valence electrons. The number of piperidine rings is 1. The summed E-state index contributed by atoms with van der Waals surface area (Å²) in [5.41, 5.74) is 0.654. The van der Waals surface area contributed by atoms with E-state index in [1.807, 2.05) is 24.3 Å². The predicted molar refractivity (Wildman–Crippen MR) is 103 cm³/mol. The Kier molecular flexibility index (Phi) is 5.59. The molecule has 1 fully saturated rings. The summed E-state index contributed by atoms with van der Waals surface area (Å²) >= 11 is 0. The lowest BCUT2D eigenvalue weighted by molar-refractivity contribution is -0.126. The van der Waals surface area contributed by atoms with Crippen LogP contribution in [0.5, 0.6) is 5.75 Å². The Labute approximate surface area is 158 Å². The van der Waals surface area contributed by atoms with Gasteiger partial charge >= 0.3 is 0 Å². The van der Waals surface area contributed by atoms with Crippen LogP contribution in [0.3, 0.4) is 0 Å². The number of nitrogens with one attached hydrogen (secondary N) is 2. The summed E-state index contributed by atoms with van der Waals surface area (Å²) in [5.74, 6) is 0.600. The number of likely N-dealkylation sites (tertiary alicyclic amines) is 1. The van der Waals surface area contributed by atoms with E-state index in [2.05, 4.69) is 15.6 Å². The second kappa shape index (κ2) is 8.07. The number of rotatable bonds is 5. The van der Waals surface area contributed by atoms with Gasteiger partial charge in [0.05, 0.1) is 7.11 Å². The molecular formula is C20H24N4O3. The second-order valence-electron chi connectivity index (χ2n) is 6.55. The number of benzene rings is 1. The van der Waals surface area contributed by atoms with Crippen molar-refractivity contribution in [1.82, 2.24) is 15.2 Å². The average molecular weight is 368 g/mol. The fourth-order valence-corrected chi connectivity index (χ4v) is 3.39. The fraction of sp³-hybridized carbons (Fsp3) is 0.350. The van der Waals surface area contributed by atoms with Crippen molar-refractivity contribution in [1.29, 1.82) is 0 Å². The first-order chi connectivity index (χ1) is 13.1. The van der Waals surface area contributed by atoms with Gasteiger partial charge in [0.25, 0.3) is 5.91 Å². The monoisotopic (exact) mass is 368 g/mol. The Morgan fingerprint density at radius 1 is 1.15 bits per heavy atom. The van der Waals surface area contributed by atoms with Gasteiger partial charge in [-0.3, -0.25) is 14.6 Å². The van der Waals surface area contributed by atoms with E-state index in [9.17, 15) is 9.59 Å². The summed E-state index contributed by atoms with van der Waals surface area (Å²) in [6.45, 7) is 0.983. The fourth-order valence-electron chi connectivity index (χ4n) is 3.39. The highest BCUT2D eigenvalue weighted by molar-refractivity contribution is 5.95. The third-order valence-electron chi connectivity index (χ3n) is 4.95. The molecule has 0 spiro atoms. The second-order valence-corrected chi connectivity index (χ2v) is 6.55. The molecule has 0 aliphatic carbocycles. The zero-order valence-electron chi connectivity index (χ0n) is 15.6. The molecular weight excluding hydrogens is 344 g/mol. The number of carbonyl (C=O) groups is 2. The number of hydrogen-bond donors (Lipinski definition) is 2. The zero-order valence-corrected chi connectivity index (χ0v) is 15.6. The normalized spacial score (nSPS) is 15.7. The molecule has 2 aromatic rings. The Hall–Kier alpha value is -3.09. The van der Waals surface area contributed by atoms with Crippen molar-refractivity contribution in [2.24, 2.45) is 0 Å². The van der Waals surface area contributed by atoms with Gasteiger partial charge in [-0.1, -0.05) is 6.07 Å². The van der Waals surface area contributed by atoms with Crippen molar-refractivity contribution in [2.75, 3.05) is 32.6 Å². The minimum absolute atomic E-state index is 0.0377. The number of methoxy groups -OCH3 is 1. The molecule has 7 nitrogen and oxygen atoms in total. The highest BCUT2D eigenvalue weighted by Gasteiger charge is 2.42. The number of pyridine rings is 1. The van der Waals surface area contributed by atoms with E-state index in [1.54, 1.807) is 43.6 Å². The molecule has 2 amide bonds. The van der Waals surface area contributed by atoms with Crippen LogP contribution < -0.4 is 15.4 Å². The molecule has 0 bridgehead atoms. The Bertz CT molecular complexity index is 802. The van der Waals surface area contributed by atoms with Crippen LogP contribution >= 0.6 is 0 Å². The molecule has 2 heterocycles. The number of aromatic nitrogens is 1. The lowest BCUT2D eigenvalue weighted by atomic mass is 9.85. The van der Waals surface area contributed by atoms with Crippen LogP contribution in [0.1, 0.15) is 23.2 Å². The topological polar surface area (TPSA) is 83.6 Å². The molecule has 27 heavy (non-hydrogen) atoms. The van der Waals surface area contributed by atoms with Crippen molar-refractivity contribution >= 4 is 17.5 Å². The first-order valence-corrected chi connectivity index (χ1v) is 8.92. The summed E-state index contributed by atoms with van der Waals surface area (Å²) < 4.78 is 5.26. The van der Waals surface area contributed by atoms with Crippen LogP contribution in [0.2, 0.25) is 0 Å². The van der Waals surface area contributed by atoms with Gasteiger partial charge in [-0.2, -0.15) is 0 Å². The number of likely N-dealkylation sites (N-methyl/N-ethyl adjacent to an activating group) is 1. The van der Waals surface area contributed by atoms with Gasteiger partial charge in [-0.15, -0.1) is 0 Å². The molecule has 3 rings (SSSR count). The molecule has 1 saturated heterocycles.